The Kier molecular flexibility index (Phi) is 8.53. The molecule has 0 aliphatic heterocycles. The number of carbonyl (C=O) groups excluding carboxylic acids is 2. The second kappa shape index (κ2) is 11.8. The Balaban J connectivity index is 1.26. The predicted molar refractivity (Wildman–Crippen MR) is 129 cm³/mol. The molecule has 0 N–H and O–H groups in total. The molecule has 0 amide bonds. The van der Waals surface area contributed by atoms with Crippen LogP contribution in [0.15, 0.2) is 42.5 Å². The summed E-state index contributed by atoms with van der Waals surface area (Å²) in [6.07, 6.45) is 12.1. The highest BCUT2D eigenvalue weighted by molar-refractivity contribution is 5.92. The summed E-state index contributed by atoms with van der Waals surface area (Å²) >= 11 is 0. The van der Waals surface area contributed by atoms with Crippen molar-refractivity contribution in [1.29, 1.82) is 0 Å². The van der Waals surface area contributed by atoms with Crippen molar-refractivity contribution >= 4 is 11.9 Å². The molecule has 35 heavy (non-hydrogen) atoms. The van der Waals surface area contributed by atoms with Gasteiger partial charge in [-0.3, -0.25) is 0 Å². The maximum Gasteiger partial charge on any atom is 0.346 e. The van der Waals surface area contributed by atoms with Crippen LogP contribution in [0.2, 0.25) is 0 Å². The Morgan fingerprint density at radius 3 is 2.37 bits per heavy atom. The standard InChI is InChI=1S/C29H34F2O4/c1-2-3-4-5-19-6-7-22-17-25(14-10-21(22)16-19)35-28(32)20-8-12-24(13-9-20)34-29(33)26-15-11-23(30)18-27(26)31/h8-9,11-13,15,18-19,21-22,25H,2-7,10,14,16-17H2,1H3. The van der Waals surface area contributed by atoms with E-state index >= 15 is 0 Å². The number of rotatable bonds is 8. The maximum atomic E-state index is 13.8. The Bertz CT molecular complexity index is 1020. The molecule has 0 saturated heterocycles. The lowest BCUT2D eigenvalue weighted by Gasteiger charge is -2.42. The van der Waals surface area contributed by atoms with E-state index in [9.17, 15) is 18.4 Å². The van der Waals surface area contributed by atoms with Gasteiger partial charge in [0.25, 0.3) is 0 Å². The van der Waals surface area contributed by atoms with Crippen LogP contribution in [0.3, 0.4) is 0 Å². The van der Waals surface area contributed by atoms with Crippen LogP contribution in [0.5, 0.6) is 5.75 Å². The molecule has 2 aromatic carbocycles. The number of fused-ring (bicyclic) bond motifs is 1. The monoisotopic (exact) mass is 484 g/mol. The topological polar surface area (TPSA) is 52.6 Å². The number of benzene rings is 2. The molecular weight excluding hydrogens is 450 g/mol. The first-order chi connectivity index (χ1) is 16.9. The molecule has 0 bridgehead atoms. The van der Waals surface area contributed by atoms with Crippen molar-refractivity contribution < 1.29 is 27.8 Å². The third-order valence-corrected chi connectivity index (χ3v) is 7.61. The number of esters is 2. The third kappa shape index (κ3) is 6.68. The van der Waals surface area contributed by atoms with Crippen LogP contribution in [0.1, 0.15) is 91.8 Å². The van der Waals surface area contributed by atoms with Crippen LogP contribution < -0.4 is 4.74 Å². The molecule has 4 rings (SSSR count). The van der Waals surface area contributed by atoms with E-state index in [2.05, 4.69) is 6.92 Å². The van der Waals surface area contributed by atoms with E-state index in [1.807, 2.05) is 0 Å². The summed E-state index contributed by atoms with van der Waals surface area (Å²) in [6.45, 7) is 2.25. The number of carbonyl (C=O) groups is 2. The van der Waals surface area contributed by atoms with Gasteiger partial charge in [0.2, 0.25) is 0 Å². The highest BCUT2D eigenvalue weighted by atomic mass is 19.1. The number of unbranched alkanes of at least 4 members (excludes halogenated alkanes) is 2. The van der Waals surface area contributed by atoms with Gasteiger partial charge in [-0.25, -0.2) is 18.4 Å². The smallest absolute Gasteiger partial charge is 0.346 e. The van der Waals surface area contributed by atoms with Crippen molar-refractivity contribution in [2.75, 3.05) is 0 Å². The summed E-state index contributed by atoms with van der Waals surface area (Å²) in [6, 6.07) is 8.64. The average molecular weight is 485 g/mol. The summed E-state index contributed by atoms with van der Waals surface area (Å²) in [4.78, 5) is 24.8. The van der Waals surface area contributed by atoms with Crippen molar-refractivity contribution in [2.24, 2.45) is 17.8 Å². The zero-order valence-electron chi connectivity index (χ0n) is 20.3. The van der Waals surface area contributed by atoms with E-state index in [-0.39, 0.29) is 23.4 Å². The summed E-state index contributed by atoms with van der Waals surface area (Å²) in [7, 11) is 0. The van der Waals surface area contributed by atoms with Gasteiger partial charge in [0, 0.05) is 6.07 Å². The van der Waals surface area contributed by atoms with Crippen LogP contribution in [-0.4, -0.2) is 18.0 Å². The molecule has 0 aromatic heterocycles. The lowest BCUT2D eigenvalue weighted by atomic mass is 9.66. The Hall–Kier alpha value is -2.76. The van der Waals surface area contributed by atoms with Gasteiger partial charge in [-0.05, 0) is 86.3 Å². The Labute approximate surface area is 206 Å². The number of ether oxygens (including phenoxy) is 2. The molecule has 188 valence electrons. The molecule has 4 atom stereocenters. The Morgan fingerprint density at radius 1 is 0.886 bits per heavy atom. The first-order valence-electron chi connectivity index (χ1n) is 12.9. The number of halogens is 2. The van der Waals surface area contributed by atoms with Gasteiger partial charge in [-0.15, -0.1) is 0 Å². The van der Waals surface area contributed by atoms with Crippen LogP contribution in [0.4, 0.5) is 8.78 Å². The van der Waals surface area contributed by atoms with Crippen molar-refractivity contribution in [3.05, 3.63) is 65.2 Å². The second-order valence-electron chi connectivity index (χ2n) is 10.1. The molecule has 6 heteroatoms. The molecule has 4 unspecified atom stereocenters. The van der Waals surface area contributed by atoms with Gasteiger partial charge in [0.15, 0.2) is 0 Å². The van der Waals surface area contributed by atoms with Gasteiger partial charge < -0.3 is 9.47 Å². The maximum absolute atomic E-state index is 13.8. The van der Waals surface area contributed by atoms with E-state index in [4.69, 9.17) is 9.47 Å². The van der Waals surface area contributed by atoms with E-state index in [0.717, 1.165) is 43.2 Å². The molecule has 0 heterocycles. The van der Waals surface area contributed by atoms with Gasteiger partial charge in [-0.2, -0.15) is 0 Å². The summed E-state index contributed by atoms with van der Waals surface area (Å²) < 4.78 is 37.8. The van der Waals surface area contributed by atoms with Gasteiger partial charge >= 0.3 is 11.9 Å². The molecule has 2 fully saturated rings. The van der Waals surface area contributed by atoms with E-state index < -0.39 is 17.6 Å². The van der Waals surface area contributed by atoms with Crippen LogP contribution in [0.25, 0.3) is 0 Å². The number of hydrogen-bond acceptors (Lipinski definition) is 4. The van der Waals surface area contributed by atoms with Crippen LogP contribution in [0, 0.1) is 29.4 Å². The highest BCUT2D eigenvalue weighted by Gasteiger charge is 2.36. The molecule has 2 aliphatic carbocycles. The summed E-state index contributed by atoms with van der Waals surface area (Å²) in [5.41, 5.74) is 0.0139. The van der Waals surface area contributed by atoms with Crippen LogP contribution >= 0.6 is 0 Å². The molecule has 0 spiro atoms. The fraction of sp³-hybridized carbons (Fsp3) is 0.517. The highest BCUT2D eigenvalue weighted by Crippen LogP contribution is 2.44. The zero-order valence-corrected chi connectivity index (χ0v) is 20.3. The predicted octanol–water partition coefficient (Wildman–Crippen LogP) is 7.51. The molecule has 2 aliphatic rings. The SMILES string of the molecule is CCCCCC1CCC2CC(OC(=O)c3ccc(OC(=O)c4ccc(F)cc4F)cc3)CCC2C1. The van der Waals surface area contributed by atoms with Crippen molar-refractivity contribution in [2.45, 2.75) is 77.2 Å². The van der Waals surface area contributed by atoms with Crippen molar-refractivity contribution in [3.8, 4) is 5.75 Å². The Morgan fingerprint density at radius 2 is 1.63 bits per heavy atom. The fourth-order valence-electron chi connectivity index (χ4n) is 5.69. The molecule has 4 nitrogen and oxygen atoms in total. The second-order valence-corrected chi connectivity index (χ2v) is 10.1. The lowest BCUT2D eigenvalue weighted by Crippen LogP contribution is -2.35. The van der Waals surface area contributed by atoms with Gasteiger partial charge in [-0.1, -0.05) is 39.0 Å². The van der Waals surface area contributed by atoms with E-state index in [0.29, 0.717) is 17.5 Å². The lowest BCUT2D eigenvalue weighted by molar-refractivity contribution is -0.00628. The summed E-state index contributed by atoms with van der Waals surface area (Å²) in [5.74, 6) is -0.636. The molecular formula is C29H34F2O4. The summed E-state index contributed by atoms with van der Waals surface area (Å²) in [5, 5.41) is 0. The van der Waals surface area contributed by atoms with Crippen molar-refractivity contribution in [1.82, 2.24) is 0 Å². The zero-order chi connectivity index (χ0) is 24.8. The minimum atomic E-state index is -0.991. The van der Waals surface area contributed by atoms with Crippen LogP contribution in [-0.2, 0) is 4.74 Å². The minimum Gasteiger partial charge on any atom is -0.459 e. The third-order valence-electron chi connectivity index (χ3n) is 7.61. The average Bonchev–Trinajstić information content (AvgIpc) is 2.84. The number of hydrogen-bond donors (Lipinski definition) is 0. The first kappa shape index (κ1) is 25.3. The molecule has 2 aromatic rings. The first-order valence-corrected chi connectivity index (χ1v) is 12.9. The normalized spacial score (nSPS) is 23.9. The molecule has 0 radical (unpaired) electrons. The van der Waals surface area contributed by atoms with Gasteiger partial charge in [0.1, 0.15) is 23.5 Å². The van der Waals surface area contributed by atoms with E-state index in [1.165, 1.54) is 69.2 Å². The largest absolute Gasteiger partial charge is 0.459 e. The fourth-order valence-corrected chi connectivity index (χ4v) is 5.69. The minimum absolute atomic E-state index is 0.0562. The molecule has 2 saturated carbocycles. The van der Waals surface area contributed by atoms with E-state index in [1.54, 1.807) is 0 Å². The quantitative estimate of drug-likeness (QED) is 0.221. The van der Waals surface area contributed by atoms with Gasteiger partial charge in [0.05, 0.1) is 11.1 Å². The van der Waals surface area contributed by atoms with Crippen molar-refractivity contribution in [3.63, 3.8) is 0 Å².